The summed E-state index contributed by atoms with van der Waals surface area (Å²) in [5.41, 5.74) is 2.76. The summed E-state index contributed by atoms with van der Waals surface area (Å²) < 4.78 is 11.5. The van der Waals surface area contributed by atoms with Crippen molar-refractivity contribution in [2.45, 2.75) is 26.8 Å². The Morgan fingerprint density at radius 1 is 1.07 bits per heavy atom. The van der Waals surface area contributed by atoms with E-state index in [2.05, 4.69) is 11.9 Å². The van der Waals surface area contributed by atoms with Gasteiger partial charge in [0.2, 0.25) is 0 Å². The SMILES string of the molecule is C=CCc1cc(/C=C2/NC(=O)N(Cc3ccccc3)C2=O)cc(OCC)c1OCC. The van der Waals surface area contributed by atoms with E-state index in [4.69, 9.17) is 9.47 Å². The maximum Gasteiger partial charge on any atom is 0.329 e. The molecule has 6 nitrogen and oxygen atoms in total. The topological polar surface area (TPSA) is 67.9 Å². The minimum atomic E-state index is -0.433. The Balaban J connectivity index is 1.92. The van der Waals surface area contributed by atoms with Crippen LogP contribution in [0.3, 0.4) is 0 Å². The molecule has 1 N–H and O–H groups in total. The van der Waals surface area contributed by atoms with E-state index >= 15 is 0 Å². The number of hydrogen-bond donors (Lipinski definition) is 1. The molecule has 3 rings (SSSR count). The van der Waals surface area contributed by atoms with Gasteiger partial charge in [0.1, 0.15) is 5.70 Å². The molecule has 1 fully saturated rings. The molecular weight excluding hydrogens is 380 g/mol. The summed E-state index contributed by atoms with van der Waals surface area (Å²) in [6.07, 6.45) is 4.04. The van der Waals surface area contributed by atoms with E-state index in [0.29, 0.717) is 31.1 Å². The van der Waals surface area contributed by atoms with Gasteiger partial charge < -0.3 is 14.8 Å². The fraction of sp³-hybridized carbons (Fsp3) is 0.250. The van der Waals surface area contributed by atoms with Crippen molar-refractivity contribution in [3.8, 4) is 11.5 Å². The predicted octanol–water partition coefficient (Wildman–Crippen LogP) is 4.31. The van der Waals surface area contributed by atoms with E-state index in [1.165, 1.54) is 4.90 Å². The van der Waals surface area contributed by atoms with Crippen molar-refractivity contribution in [3.05, 3.63) is 77.5 Å². The molecule has 0 spiro atoms. The average Bonchev–Trinajstić information content (AvgIpc) is 2.99. The van der Waals surface area contributed by atoms with Crippen molar-refractivity contribution in [3.63, 3.8) is 0 Å². The van der Waals surface area contributed by atoms with Crippen LogP contribution in [0.5, 0.6) is 11.5 Å². The number of imide groups is 1. The van der Waals surface area contributed by atoms with E-state index in [9.17, 15) is 9.59 Å². The van der Waals surface area contributed by atoms with Gasteiger partial charge in [0.25, 0.3) is 5.91 Å². The quantitative estimate of drug-likeness (QED) is 0.383. The number of urea groups is 1. The van der Waals surface area contributed by atoms with Gasteiger partial charge in [-0.05, 0) is 49.6 Å². The minimum absolute atomic E-state index is 0.220. The first kappa shape index (κ1) is 21.2. The zero-order chi connectivity index (χ0) is 21.5. The first-order chi connectivity index (χ1) is 14.6. The summed E-state index contributed by atoms with van der Waals surface area (Å²) in [7, 11) is 0. The van der Waals surface area contributed by atoms with Crippen molar-refractivity contribution >= 4 is 18.0 Å². The van der Waals surface area contributed by atoms with Gasteiger partial charge in [0.15, 0.2) is 11.5 Å². The highest BCUT2D eigenvalue weighted by atomic mass is 16.5. The fourth-order valence-corrected chi connectivity index (χ4v) is 3.29. The number of amides is 3. The molecule has 156 valence electrons. The van der Waals surface area contributed by atoms with Gasteiger partial charge in [-0.2, -0.15) is 0 Å². The lowest BCUT2D eigenvalue weighted by atomic mass is 10.0. The molecule has 0 radical (unpaired) electrons. The van der Waals surface area contributed by atoms with Crippen LogP contribution in [0.1, 0.15) is 30.5 Å². The van der Waals surface area contributed by atoms with Crippen LogP contribution < -0.4 is 14.8 Å². The van der Waals surface area contributed by atoms with Crippen LogP contribution in [0.4, 0.5) is 4.79 Å². The Labute approximate surface area is 176 Å². The van der Waals surface area contributed by atoms with Crippen LogP contribution in [-0.2, 0) is 17.8 Å². The molecular formula is C24H26N2O4. The predicted molar refractivity (Wildman–Crippen MR) is 116 cm³/mol. The first-order valence-electron chi connectivity index (χ1n) is 9.99. The molecule has 1 heterocycles. The van der Waals surface area contributed by atoms with Crippen LogP contribution >= 0.6 is 0 Å². The van der Waals surface area contributed by atoms with Gasteiger partial charge in [-0.25, -0.2) is 4.79 Å². The van der Waals surface area contributed by atoms with Gasteiger partial charge in [0, 0.05) is 5.56 Å². The number of ether oxygens (including phenoxy) is 2. The molecule has 30 heavy (non-hydrogen) atoms. The van der Waals surface area contributed by atoms with E-state index in [1.54, 1.807) is 12.2 Å². The minimum Gasteiger partial charge on any atom is -0.490 e. The molecule has 0 bridgehead atoms. The monoisotopic (exact) mass is 406 g/mol. The van der Waals surface area contributed by atoms with Crippen molar-refractivity contribution in [2.75, 3.05) is 13.2 Å². The number of nitrogens with one attached hydrogen (secondary N) is 1. The van der Waals surface area contributed by atoms with Crippen LogP contribution in [-0.4, -0.2) is 30.1 Å². The second-order valence-corrected chi connectivity index (χ2v) is 6.73. The molecule has 1 saturated heterocycles. The third kappa shape index (κ3) is 4.71. The number of allylic oxidation sites excluding steroid dienone is 1. The lowest BCUT2D eigenvalue weighted by molar-refractivity contribution is -0.123. The fourth-order valence-electron chi connectivity index (χ4n) is 3.29. The maximum atomic E-state index is 12.8. The number of nitrogens with zero attached hydrogens (tertiary/aromatic N) is 1. The van der Waals surface area contributed by atoms with Gasteiger partial charge in [-0.1, -0.05) is 36.4 Å². The molecule has 0 saturated carbocycles. The Hall–Kier alpha value is -3.54. The summed E-state index contributed by atoms with van der Waals surface area (Å²) in [6.45, 7) is 8.83. The third-order valence-corrected chi connectivity index (χ3v) is 4.56. The summed E-state index contributed by atoms with van der Waals surface area (Å²) in [5.74, 6) is 0.915. The zero-order valence-corrected chi connectivity index (χ0v) is 17.3. The van der Waals surface area contributed by atoms with E-state index in [-0.39, 0.29) is 18.1 Å². The Kier molecular flexibility index (Phi) is 6.91. The maximum absolute atomic E-state index is 12.8. The largest absolute Gasteiger partial charge is 0.490 e. The van der Waals surface area contributed by atoms with Crippen molar-refractivity contribution in [2.24, 2.45) is 0 Å². The molecule has 0 unspecified atom stereocenters. The van der Waals surface area contributed by atoms with Crippen LogP contribution in [0, 0.1) is 0 Å². The molecule has 1 aliphatic heterocycles. The second kappa shape index (κ2) is 9.78. The van der Waals surface area contributed by atoms with Crippen LogP contribution in [0.2, 0.25) is 0 Å². The van der Waals surface area contributed by atoms with Crippen molar-refractivity contribution < 1.29 is 19.1 Å². The van der Waals surface area contributed by atoms with Crippen molar-refractivity contribution in [1.82, 2.24) is 10.2 Å². The van der Waals surface area contributed by atoms with Gasteiger partial charge >= 0.3 is 6.03 Å². The van der Waals surface area contributed by atoms with Crippen LogP contribution in [0.25, 0.3) is 6.08 Å². The molecule has 1 aliphatic rings. The summed E-state index contributed by atoms with van der Waals surface area (Å²) in [5, 5.41) is 2.67. The Bertz CT molecular complexity index is 967. The van der Waals surface area contributed by atoms with Crippen molar-refractivity contribution in [1.29, 1.82) is 0 Å². The standard InChI is InChI=1S/C24H26N2O4/c1-4-10-19-13-18(15-21(29-5-2)22(19)30-6-3)14-20-23(27)26(24(28)25-20)16-17-11-8-7-9-12-17/h4,7-9,11-15H,1,5-6,10,16H2,2-3H3,(H,25,28)/b20-14+. The number of benzene rings is 2. The highest BCUT2D eigenvalue weighted by Crippen LogP contribution is 2.35. The van der Waals surface area contributed by atoms with Gasteiger partial charge in [-0.3, -0.25) is 9.69 Å². The molecule has 3 amide bonds. The first-order valence-corrected chi connectivity index (χ1v) is 9.99. The number of carbonyl (C=O) groups is 2. The van der Waals surface area contributed by atoms with Gasteiger partial charge in [-0.15, -0.1) is 6.58 Å². The lowest BCUT2D eigenvalue weighted by Crippen LogP contribution is -2.30. The summed E-state index contributed by atoms with van der Waals surface area (Å²) in [6, 6.07) is 12.7. The Morgan fingerprint density at radius 3 is 2.47 bits per heavy atom. The molecule has 6 heteroatoms. The van der Waals surface area contributed by atoms with E-state index in [1.807, 2.05) is 56.3 Å². The molecule has 0 aromatic heterocycles. The summed E-state index contributed by atoms with van der Waals surface area (Å²) >= 11 is 0. The normalized spacial score (nSPS) is 14.7. The lowest BCUT2D eigenvalue weighted by Gasteiger charge is -2.16. The highest BCUT2D eigenvalue weighted by molar-refractivity contribution is 6.13. The average molecular weight is 406 g/mol. The highest BCUT2D eigenvalue weighted by Gasteiger charge is 2.33. The summed E-state index contributed by atoms with van der Waals surface area (Å²) in [4.78, 5) is 26.4. The van der Waals surface area contributed by atoms with Gasteiger partial charge in [0.05, 0.1) is 19.8 Å². The van der Waals surface area contributed by atoms with E-state index in [0.717, 1.165) is 16.7 Å². The molecule has 2 aromatic carbocycles. The zero-order valence-electron chi connectivity index (χ0n) is 17.3. The Morgan fingerprint density at radius 2 is 1.80 bits per heavy atom. The number of rotatable bonds is 9. The third-order valence-electron chi connectivity index (χ3n) is 4.56. The second-order valence-electron chi connectivity index (χ2n) is 6.73. The van der Waals surface area contributed by atoms with E-state index < -0.39 is 6.03 Å². The van der Waals surface area contributed by atoms with Crippen LogP contribution in [0.15, 0.2) is 60.8 Å². The number of hydrogen-bond acceptors (Lipinski definition) is 4. The number of carbonyl (C=O) groups excluding carboxylic acids is 2. The molecule has 0 atom stereocenters. The smallest absolute Gasteiger partial charge is 0.329 e. The molecule has 0 aliphatic carbocycles. The molecule has 2 aromatic rings.